The van der Waals surface area contributed by atoms with Crippen molar-refractivity contribution in [3.8, 4) is 11.3 Å². The van der Waals surface area contributed by atoms with Gasteiger partial charge in [0.2, 0.25) is 0 Å². The first-order valence-electron chi connectivity index (χ1n) is 11.2. The Morgan fingerprint density at radius 2 is 1.80 bits per heavy atom. The van der Waals surface area contributed by atoms with Gasteiger partial charge in [-0.05, 0) is 61.9 Å². The first-order valence-corrected chi connectivity index (χ1v) is 13.1. The SMILES string of the molecule is Cc1c(-c2nccc3cnc(Nc4ccc(S(C)(=O)=O)cc4)cc23)ccc2c1cnn2C[C@@H](C)O. The molecule has 5 rings (SSSR count). The zero-order valence-corrected chi connectivity index (χ0v) is 20.4. The summed E-state index contributed by atoms with van der Waals surface area (Å²) in [5.74, 6) is 0.627. The predicted octanol–water partition coefficient (Wildman–Crippen LogP) is 4.48. The number of pyridine rings is 2. The Morgan fingerprint density at radius 1 is 1.03 bits per heavy atom. The number of aliphatic hydroxyl groups excluding tert-OH is 1. The third kappa shape index (κ3) is 4.48. The average molecular weight is 488 g/mol. The van der Waals surface area contributed by atoms with Crippen LogP contribution in [0, 0.1) is 6.92 Å². The highest BCUT2D eigenvalue weighted by atomic mass is 32.2. The highest BCUT2D eigenvalue weighted by Crippen LogP contribution is 2.34. The molecule has 0 bridgehead atoms. The zero-order valence-electron chi connectivity index (χ0n) is 19.6. The molecule has 0 unspecified atom stereocenters. The molecule has 0 radical (unpaired) electrons. The quantitative estimate of drug-likeness (QED) is 0.363. The monoisotopic (exact) mass is 487 g/mol. The normalized spacial score (nSPS) is 12.8. The van der Waals surface area contributed by atoms with Crippen LogP contribution in [-0.4, -0.2) is 45.6 Å². The van der Waals surface area contributed by atoms with E-state index in [-0.39, 0.29) is 4.90 Å². The van der Waals surface area contributed by atoms with Crippen molar-refractivity contribution in [1.82, 2.24) is 19.7 Å². The molecule has 9 heteroatoms. The molecule has 0 aliphatic heterocycles. The number of rotatable bonds is 6. The molecule has 1 atom stereocenters. The lowest BCUT2D eigenvalue weighted by Gasteiger charge is -2.12. The Hall–Kier alpha value is -3.82. The molecule has 0 aliphatic carbocycles. The number of aromatic nitrogens is 4. The first kappa shape index (κ1) is 22.9. The summed E-state index contributed by atoms with van der Waals surface area (Å²) in [5.41, 5.74) is 4.59. The van der Waals surface area contributed by atoms with Gasteiger partial charge in [0.25, 0.3) is 0 Å². The second-order valence-corrected chi connectivity index (χ2v) is 10.7. The van der Waals surface area contributed by atoms with E-state index < -0.39 is 15.9 Å². The van der Waals surface area contributed by atoms with E-state index in [4.69, 9.17) is 4.98 Å². The Kier molecular flexibility index (Phi) is 5.74. The van der Waals surface area contributed by atoms with Crippen LogP contribution in [0.4, 0.5) is 11.5 Å². The number of hydrogen-bond acceptors (Lipinski definition) is 7. The summed E-state index contributed by atoms with van der Waals surface area (Å²) < 4.78 is 25.3. The van der Waals surface area contributed by atoms with E-state index >= 15 is 0 Å². The number of nitrogens with one attached hydrogen (secondary N) is 1. The highest BCUT2D eigenvalue weighted by Gasteiger charge is 2.15. The van der Waals surface area contributed by atoms with Crippen LogP contribution in [0.5, 0.6) is 0 Å². The minimum Gasteiger partial charge on any atom is -0.391 e. The number of fused-ring (bicyclic) bond motifs is 2. The molecule has 0 fully saturated rings. The Balaban J connectivity index is 1.55. The van der Waals surface area contributed by atoms with Crippen molar-refractivity contribution in [2.75, 3.05) is 11.6 Å². The van der Waals surface area contributed by atoms with Gasteiger partial charge in [0.15, 0.2) is 9.84 Å². The lowest BCUT2D eigenvalue weighted by molar-refractivity contribution is 0.170. The molecule has 2 N–H and O–H groups in total. The van der Waals surface area contributed by atoms with Gasteiger partial charge in [0, 0.05) is 46.1 Å². The van der Waals surface area contributed by atoms with Gasteiger partial charge in [-0.3, -0.25) is 9.67 Å². The molecule has 5 aromatic rings. The molecule has 0 spiro atoms. The van der Waals surface area contributed by atoms with E-state index in [1.807, 2.05) is 35.1 Å². The number of hydrogen-bond donors (Lipinski definition) is 2. The van der Waals surface area contributed by atoms with Crippen molar-refractivity contribution >= 4 is 43.0 Å². The van der Waals surface area contributed by atoms with Gasteiger partial charge in [-0.25, -0.2) is 13.4 Å². The first-order chi connectivity index (χ1) is 16.7. The maximum atomic E-state index is 11.7. The van der Waals surface area contributed by atoms with Crippen molar-refractivity contribution < 1.29 is 13.5 Å². The maximum Gasteiger partial charge on any atom is 0.175 e. The number of benzene rings is 2. The molecule has 3 heterocycles. The van der Waals surface area contributed by atoms with Gasteiger partial charge in [0.1, 0.15) is 5.82 Å². The van der Waals surface area contributed by atoms with Gasteiger partial charge < -0.3 is 10.4 Å². The second kappa shape index (κ2) is 8.75. The molecule has 0 aliphatic rings. The van der Waals surface area contributed by atoms with E-state index in [2.05, 4.69) is 22.3 Å². The minimum atomic E-state index is -3.25. The fourth-order valence-corrected chi connectivity index (χ4v) is 4.86. The Bertz CT molecular complexity index is 1660. The van der Waals surface area contributed by atoms with E-state index in [9.17, 15) is 13.5 Å². The van der Waals surface area contributed by atoms with Crippen molar-refractivity contribution in [2.24, 2.45) is 0 Å². The largest absolute Gasteiger partial charge is 0.391 e. The predicted molar refractivity (Wildman–Crippen MR) is 138 cm³/mol. The summed E-state index contributed by atoms with van der Waals surface area (Å²) in [4.78, 5) is 9.48. The van der Waals surface area contributed by atoms with Crippen LogP contribution in [0.25, 0.3) is 32.9 Å². The third-order valence-electron chi connectivity index (χ3n) is 5.99. The van der Waals surface area contributed by atoms with Crippen LogP contribution < -0.4 is 5.32 Å². The number of nitrogens with zero attached hydrogens (tertiary/aromatic N) is 4. The molecule has 0 saturated carbocycles. The molecular weight excluding hydrogens is 462 g/mol. The maximum absolute atomic E-state index is 11.7. The molecule has 0 amide bonds. The van der Waals surface area contributed by atoms with Gasteiger partial charge in [0.05, 0.1) is 35.0 Å². The van der Waals surface area contributed by atoms with E-state index in [1.165, 1.54) is 6.26 Å². The third-order valence-corrected chi connectivity index (χ3v) is 7.12. The fraction of sp³-hybridized carbons (Fsp3) is 0.192. The van der Waals surface area contributed by atoms with Gasteiger partial charge in [-0.1, -0.05) is 6.07 Å². The summed E-state index contributed by atoms with van der Waals surface area (Å²) in [6.45, 7) is 4.23. The smallest absolute Gasteiger partial charge is 0.175 e. The summed E-state index contributed by atoms with van der Waals surface area (Å²) in [5, 5.41) is 20.4. The molecular formula is C26H25N5O3S. The standard InChI is InChI=1S/C26H25N5O3S/c1-16(32)15-31-24-9-8-21(17(2)23(24)14-29-31)26-22-12-25(28-13-18(22)10-11-27-26)30-19-4-6-20(7-5-19)35(3,33)34/h4-14,16,32H,15H2,1-3H3,(H,28,30)/t16-/m1/s1. The van der Waals surface area contributed by atoms with Crippen LogP contribution in [0.3, 0.4) is 0 Å². The zero-order chi connectivity index (χ0) is 24.7. The van der Waals surface area contributed by atoms with Crippen molar-refractivity contribution in [2.45, 2.75) is 31.4 Å². The minimum absolute atomic E-state index is 0.267. The average Bonchev–Trinajstić information content (AvgIpc) is 3.22. The van der Waals surface area contributed by atoms with Gasteiger partial charge in [-0.15, -0.1) is 0 Å². The van der Waals surface area contributed by atoms with Crippen LogP contribution >= 0.6 is 0 Å². The van der Waals surface area contributed by atoms with Crippen LogP contribution in [-0.2, 0) is 16.4 Å². The van der Waals surface area contributed by atoms with E-state index in [1.54, 1.807) is 43.6 Å². The summed E-state index contributed by atoms with van der Waals surface area (Å²) in [6.07, 6.45) is 6.10. The van der Waals surface area contributed by atoms with E-state index in [0.717, 1.165) is 44.2 Å². The second-order valence-electron chi connectivity index (χ2n) is 8.72. The number of aryl methyl sites for hydroxylation is 1. The number of sulfone groups is 1. The molecule has 2 aromatic carbocycles. The number of aliphatic hydroxyl groups is 1. The molecule has 35 heavy (non-hydrogen) atoms. The van der Waals surface area contributed by atoms with Crippen molar-refractivity contribution in [1.29, 1.82) is 0 Å². The van der Waals surface area contributed by atoms with E-state index in [0.29, 0.717) is 12.4 Å². The van der Waals surface area contributed by atoms with Crippen LogP contribution in [0.2, 0.25) is 0 Å². The summed E-state index contributed by atoms with van der Waals surface area (Å²) in [6, 6.07) is 14.5. The molecule has 8 nitrogen and oxygen atoms in total. The lowest BCUT2D eigenvalue weighted by atomic mass is 9.98. The summed E-state index contributed by atoms with van der Waals surface area (Å²) >= 11 is 0. The topological polar surface area (TPSA) is 110 Å². The molecule has 3 aromatic heterocycles. The summed E-state index contributed by atoms with van der Waals surface area (Å²) in [7, 11) is -3.25. The highest BCUT2D eigenvalue weighted by molar-refractivity contribution is 7.90. The van der Waals surface area contributed by atoms with Gasteiger partial charge in [-0.2, -0.15) is 5.10 Å². The lowest BCUT2D eigenvalue weighted by Crippen LogP contribution is -2.12. The van der Waals surface area contributed by atoms with Gasteiger partial charge >= 0.3 is 0 Å². The Morgan fingerprint density at radius 3 is 2.51 bits per heavy atom. The van der Waals surface area contributed by atoms with Crippen molar-refractivity contribution in [3.05, 3.63) is 72.7 Å². The van der Waals surface area contributed by atoms with Crippen LogP contribution in [0.1, 0.15) is 12.5 Å². The van der Waals surface area contributed by atoms with Crippen LogP contribution in [0.15, 0.2) is 72.0 Å². The molecule has 0 saturated heterocycles. The van der Waals surface area contributed by atoms with Crippen molar-refractivity contribution in [3.63, 3.8) is 0 Å². The number of anilines is 2. The molecule has 178 valence electrons. The fourth-order valence-electron chi connectivity index (χ4n) is 4.23. The Labute approximate surface area is 203 Å².